The molecule has 0 radical (unpaired) electrons. The van der Waals surface area contributed by atoms with Crippen molar-refractivity contribution in [3.63, 3.8) is 0 Å². The molecule has 0 aromatic heterocycles. The molecule has 3 heteroatoms. The molecule has 0 spiro atoms. The second-order valence-corrected chi connectivity index (χ2v) is 5.39. The summed E-state index contributed by atoms with van der Waals surface area (Å²) in [6.45, 7) is 4.07. The molecule has 1 aromatic carbocycles. The smallest absolute Gasteiger partial charge is 0.153 e. The fraction of sp³-hybridized carbons (Fsp3) is 0.364. The maximum atomic E-state index is 10.8. The van der Waals surface area contributed by atoms with Gasteiger partial charge < -0.3 is 4.74 Å². The molecular formula is C11H11IO2. The molecule has 2 nitrogen and oxygen atoms in total. The van der Waals surface area contributed by atoms with Gasteiger partial charge in [0.1, 0.15) is 11.4 Å². The Morgan fingerprint density at radius 3 is 2.86 bits per heavy atom. The molecule has 0 unspecified atom stereocenters. The standard InChI is InChI=1S/C11H11IO2/c1-11(2)5-7-3-9(12)4-8(6-13)10(7)14-11/h3-4,6H,5H2,1-2H3. The van der Waals surface area contributed by atoms with Gasteiger partial charge in [-0.2, -0.15) is 0 Å². The molecule has 1 heterocycles. The molecule has 1 aromatic rings. The summed E-state index contributed by atoms with van der Waals surface area (Å²) in [6, 6.07) is 3.94. The van der Waals surface area contributed by atoms with Crippen LogP contribution in [0.25, 0.3) is 0 Å². The normalized spacial score (nSPS) is 17.4. The molecule has 0 atom stereocenters. The number of benzene rings is 1. The van der Waals surface area contributed by atoms with Gasteiger partial charge in [-0.05, 0) is 54.1 Å². The van der Waals surface area contributed by atoms with Gasteiger partial charge in [0.15, 0.2) is 6.29 Å². The first-order valence-corrected chi connectivity index (χ1v) is 5.56. The average molecular weight is 302 g/mol. The van der Waals surface area contributed by atoms with E-state index in [2.05, 4.69) is 28.7 Å². The lowest BCUT2D eigenvalue weighted by Crippen LogP contribution is -2.24. The lowest BCUT2D eigenvalue weighted by molar-refractivity contribution is 0.110. The Kier molecular flexibility index (Phi) is 2.29. The Morgan fingerprint density at radius 2 is 2.21 bits per heavy atom. The zero-order valence-corrected chi connectivity index (χ0v) is 10.3. The summed E-state index contributed by atoms with van der Waals surface area (Å²) in [5.74, 6) is 0.769. The van der Waals surface area contributed by atoms with Gasteiger partial charge in [-0.15, -0.1) is 0 Å². The Hall–Kier alpha value is -0.580. The second-order valence-electron chi connectivity index (χ2n) is 4.14. The van der Waals surface area contributed by atoms with Crippen LogP contribution in [0.15, 0.2) is 12.1 Å². The monoisotopic (exact) mass is 302 g/mol. The highest BCUT2D eigenvalue weighted by Crippen LogP contribution is 2.37. The van der Waals surface area contributed by atoms with Crippen molar-refractivity contribution in [1.82, 2.24) is 0 Å². The third kappa shape index (κ3) is 1.65. The van der Waals surface area contributed by atoms with Crippen LogP contribution < -0.4 is 4.74 Å². The van der Waals surface area contributed by atoms with Gasteiger partial charge in [0.2, 0.25) is 0 Å². The number of rotatable bonds is 1. The number of ether oxygens (including phenoxy) is 1. The number of halogens is 1. The van der Waals surface area contributed by atoms with Crippen molar-refractivity contribution in [2.45, 2.75) is 25.9 Å². The minimum atomic E-state index is -0.176. The van der Waals surface area contributed by atoms with Crippen LogP contribution in [0.2, 0.25) is 0 Å². The topological polar surface area (TPSA) is 26.3 Å². The predicted octanol–water partition coefficient (Wildman–Crippen LogP) is 2.82. The van der Waals surface area contributed by atoms with Gasteiger partial charge in [0.05, 0.1) is 5.56 Å². The van der Waals surface area contributed by atoms with E-state index in [1.807, 2.05) is 19.9 Å². The van der Waals surface area contributed by atoms with Crippen LogP contribution in [-0.2, 0) is 6.42 Å². The highest BCUT2D eigenvalue weighted by Gasteiger charge is 2.31. The van der Waals surface area contributed by atoms with Gasteiger partial charge in [0, 0.05) is 9.99 Å². The highest BCUT2D eigenvalue weighted by molar-refractivity contribution is 14.1. The first kappa shape index (κ1) is 9.96. The second kappa shape index (κ2) is 3.22. The minimum absolute atomic E-state index is 0.176. The van der Waals surface area contributed by atoms with E-state index < -0.39 is 0 Å². The van der Waals surface area contributed by atoms with E-state index in [0.717, 1.165) is 27.6 Å². The maximum Gasteiger partial charge on any atom is 0.153 e. The summed E-state index contributed by atoms with van der Waals surface area (Å²) < 4.78 is 6.82. The number of aldehydes is 1. The van der Waals surface area contributed by atoms with Crippen molar-refractivity contribution in [3.05, 3.63) is 26.8 Å². The van der Waals surface area contributed by atoms with Crippen LogP contribution in [0.5, 0.6) is 5.75 Å². The number of hydrogen-bond donors (Lipinski definition) is 0. The average Bonchev–Trinajstić information content (AvgIpc) is 2.37. The van der Waals surface area contributed by atoms with Crippen molar-refractivity contribution in [2.75, 3.05) is 0 Å². The molecule has 0 N–H and O–H groups in total. The van der Waals surface area contributed by atoms with Crippen molar-refractivity contribution in [1.29, 1.82) is 0 Å². The Labute approximate surface area is 96.8 Å². The number of fused-ring (bicyclic) bond motifs is 1. The first-order chi connectivity index (χ1) is 6.52. The summed E-state index contributed by atoms with van der Waals surface area (Å²) in [6.07, 6.45) is 1.74. The third-order valence-corrected chi connectivity index (χ3v) is 2.90. The summed E-state index contributed by atoms with van der Waals surface area (Å²) >= 11 is 2.22. The van der Waals surface area contributed by atoms with E-state index in [9.17, 15) is 4.79 Å². The van der Waals surface area contributed by atoms with Gasteiger partial charge in [-0.1, -0.05) is 0 Å². The molecule has 74 valence electrons. The van der Waals surface area contributed by atoms with Gasteiger partial charge in [-0.3, -0.25) is 4.79 Å². The molecule has 0 saturated heterocycles. The lowest BCUT2D eigenvalue weighted by Gasteiger charge is -2.17. The Morgan fingerprint density at radius 1 is 1.50 bits per heavy atom. The molecule has 0 amide bonds. The zero-order valence-electron chi connectivity index (χ0n) is 8.13. The fourth-order valence-electron chi connectivity index (χ4n) is 1.79. The van der Waals surface area contributed by atoms with Gasteiger partial charge in [0.25, 0.3) is 0 Å². The quantitative estimate of drug-likeness (QED) is 0.589. The molecule has 2 rings (SSSR count). The Balaban J connectivity index is 2.56. The predicted molar refractivity (Wildman–Crippen MR) is 63.0 cm³/mol. The van der Waals surface area contributed by atoms with Gasteiger partial charge >= 0.3 is 0 Å². The minimum Gasteiger partial charge on any atom is -0.486 e. The largest absolute Gasteiger partial charge is 0.486 e. The SMILES string of the molecule is CC1(C)Cc2cc(I)cc(C=O)c2O1. The molecule has 0 aliphatic carbocycles. The van der Waals surface area contributed by atoms with E-state index in [-0.39, 0.29) is 5.60 Å². The maximum absolute atomic E-state index is 10.8. The number of carbonyl (C=O) groups excluding carboxylic acids is 1. The highest BCUT2D eigenvalue weighted by atomic mass is 127. The fourth-order valence-corrected chi connectivity index (χ4v) is 2.50. The molecule has 14 heavy (non-hydrogen) atoms. The van der Waals surface area contributed by atoms with E-state index in [1.165, 1.54) is 0 Å². The molecule has 0 bridgehead atoms. The van der Waals surface area contributed by atoms with Crippen LogP contribution >= 0.6 is 22.6 Å². The Bertz CT molecular complexity index is 397. The van der Waals surface area contributed by atoms with E-state index in [0.29, 0.717) is 5.56 Å². The molecular weight excluding hydrogens is 291 g/mol. The van der Waals surface area contributed by atoms with Crippen molar-refractivity contribution in [3.8, 4) is 5.75 Å². The zero-order chi connectivity index (χ0) is 10.3. The van der Waals surface area contributed by atoms with Crippen LogP contribution in [0.3, 0.4) is 0 Å². The number of hydrogen-bond acceptors (Lipinski definition) is 2. The summed E-state index contributed by atoms with van der Waals surface area (Å²) in [5, 5.41) is 0. The summed E-state index contributed by atoms with van der Waals surface area (Å²) in [7, 11) is 0. The van der Waals surface area contributed by atoms with Crippen molar-refractivity contribution in [2.24, 2.45) is 0 Å². The first-order valence-electron chi connectivity index (χ1n) is 4.48. The van der Waals surface area contributed by atoms with E-state index >= 15 is 0 Å². The van der Waals surface area contributed by atoms with E-state index in [4.69, 9.17) is 4.74 Å². The summed E-state index contributed by atoms with van der Waals surface area (Å²) in [4.78, 5) is 10.8. The molecule has 1 aliphatic rings. The van der Waals surface area contributed by atoms with Gasteiger partial charge in [-0.25, -0.2) is 0 Å². The van der Waals surface area contributed by atoms with Crippen LogP contribution in [-0.4, -0.2) is 11.9 Å². The van der Waals surface area contributed by atoms with Crippen LogP contribution in [0, 0.1) is 3.57 Å². The van der Waals surface area contributed by atoms with Crippen molar-refractivity contribution < 1.29 is 9.53 Å². The third-order valence-electron chi connectivity index (χ3n) is 2.28. The van der Waals surface area contributed by atoms with Crippen LogP contribution in [0.1, 0.15) is 29.8 Å². The number of carbonyl (C=O) groups is 1. The lowest BCUT2D eigenvalue weighted by atomic mass is 10.0. The molecule has 0 saturated carbocycles. The molecule has 1 aliphatic heterocycles. The van der Waals surface area contributed by atoms with Crippen molar-refractivity contribution >= 4 is 28.9 Å². The van der Waals surface area contributed by atoms with E-state index in [1.54, 1.807) is 0 Å². The summed E-state index contributed by atoms with van der Waals surface area (Å²) in [5.41, 5.74) is 1.63. The molecule has 0 fully saturated rings. The van der Waals surface area contributed by atoms with Crippen LogP contribution in [0.4, 0.5) is 0 Å².